The molecule has 168 valence electrons. The molecule has 3 rings (SSSR count). The van der Waals surface area contributed by atoms with Gasteiger partial charge in [-0.1, -0.05) is 73.3 Å². The lowest BCUT2D eigenvalue weighted by Crippen LogP contribution is -2.32. The number of aryl methyl sites for hydroxylation is 2. The average Bonchev–Trinajstić information content (AvgIpc) is 2.79. The number of hydrogen-bond acceptors (Lipinski definition) is 2. The van der Waals surface area contributed by atoms with Crippen molar-refractivity contribution in [2.24, 2.45) is 0 Å². The molecule has 0 saturated heterocycles. The zero-order valence-electron chi connectivity index (χ0n) is 18.4. The third-order valence-electron chi connectivity index (χ3n) is 5.74. The van der Waals surface area contributed by atoms with Crippen molar-refractivity contribution < 1.29 is 13.2 Å². The van der Waals surface area contributed by atoms with Gasteiger partial charge in [-0.3, -0.25) is 5.32 Å². The molecule has 0 bridgehead atoms. The molecule has 0 fully saturated rings. The van der Waals surface area contributed by atoms with Crippen molar-refractivity contribution in [3.05, 3.63) is 119 Å². The molecule has 0 spiro atoms. The first kappa shape index (κ1) is 23.6. The number of alkyl halides is 3. The molecule has 0 amide bonds. The van der Waals surface area contributed by atoms with Crippen LogP contribution in [-0.4, -0.2) is 7.05 Å². The van der Waals surface area contributed by atoms with Crippen LogP contribution in [-0.2, 0) is 12.6 Å². The summed E-state index contributed by atoms with van der Waals surface area (Å²) < 4.78 is 38.7. The molecule has 2 nitrogen and oxygen atoms in total. The van der Waals surface area contributed by atoms with Crippen LogP contribution in [0, 0.1) is 6.92 Å². The van der Waals surface area contributed by atoms with Crippen LogP contribution in [0.2, 0.25) is 0 Å². The van der Waals surface area contributed by atoms with Crippen molar-refractivity contribution in [3.63, 3.8) is 0 Å². The van der Waals surface area contributed by atoms with E-state index in [1.54, 1.807) is 12.1 Å². The molecule has 5 heteroatoms. The quantitative estimate of drug-likeness (QED) is 0.386. The van der Waals surface area contributed by atoms with Gasteiger partial charge < -0.3 is 5.32 Å². The Kier molecular flexibility index (Phi) is 7.75. The van der Waals surface area contributed by atoms with Crippen LogP contribution in [0.3, 0.4) is 0 Å². The summed E-state index contributed by atoms with van der Waals surface area (Å²) in [6.45, 7) is 6.27. The summed E-state index contributed by atoms with van der Waals surface area (Å²) in [5.74, 6) is 0. The number of hydrogen-bond donors (Lipinski definition) is 2. The fourth-order valence-electron chi connectivity index (χ4n) is 3.87. The fourth-order valence-corrected chi connectivity index (χ4v) is 3.87. The maximum Gasteiger partial charge on any atom is 0.416 e. The van der Waals surface area contributed by atoms with Gasteiger partial charge in [0.1, 0.15) is 0 Å². The molecule has 0 aliphatic heterocycles. The normalized spacial score (nSPS) is 13.4. The number of rotatable bonds is 9. The SMILES string of the molecule is C=C(NC)[C@H](N[C@@H](CCc1ccc(C(F)(F)F)cc1)c1ccccc1C)c1ccccc1. The zero-order chi connectivity index (χ0) is 23.1. The maximum absolute atomic E-state index is 12.9. The number of nitrogens with one attached hydrogen (secondary N) is 2. The summed E-state index contributed by atoms with van der Waals surface area (Å²) >= 11 is 0. The van der Waals surface area contributed by atoms with Crippen LogP contribution in [0.5, 0.6) is 0 Å². The molecule has 3 aromatic carbocycles. The first-order valence-electron chi connectivity index (χ1n) is 10.7. The smallest absolute Gasteiger partial charge is 0.390 e. The molecular weight excluding hydrogens is 409 g/mol. The standard InChI is InChI=1S/C27H29F3N2/c1-19-9-7-8-12-24(19)25(18-15-21-13-16-23(17-14-21)27(28,29)30)32-26(20(2)31-3)22-10-5-4-6-11-22/h4-14,16-17,25-26,31-32H,2,15,18H2,1,3H3/t25-,26-/m0/s1. The van der Waals surface area contributed by atoms with Gasteiger partial charge in [-0.05, 0) is 54.2 Å². The van der Waals surface area contributed by atoms with Crippen LogP contribution in [0.15, 0.2) is 91.1 Å². The van der Waals surface area contributed by atoms with E-state index in [-0.39, 0.29) is 12.1 Å². The highest BCUT2D eigenvalue weighted by molar-refractivity contribution is 5.32. The Morgan fingerprint density at radius 3 is 2.12 bits per heavy atom. The molecule has 0 heterocycles. The molecule has 0 unspecified atom stereocenters. The highest BCUT2D eigenvalue weighted by Gasteiger charge is 2.30. The molecule has 0 aliphatic carbocycles. The van der Waals surface area contributed by atoms with Crippen molar-refractivity contribution in [1.82, 2.24) is 10.6 Å². The first-order valence-corrected chi connectivity index (χ1v) is 10.7. The molecule has 3 aromatic rings. The number of halogens is 3. The first-order chi connectivity index (χ1) is 15.3. The van der Waals surface area contributed by atoms with Crippen LogP contribution in [0.1, 0.15) is 46.3 Å². The molecule has 2 atom stereocenters. The van der Waals surface area contributed by atoms with Gasteiger partial charge >= 0.3 is 6.18 Å². The fraction of sp³-hybridized carbons (Fsp3) is 0.259. The van der Waals surface area contributed by atoms with Crippen molar-refractivity contribution in [3.8, 4) is 0 Å². The second-order valence-electron chi connectivity index (χ2n) is 7.93. The van der Waals surface area contributed by atoms with Crippen molar-refractivity contribution >= 4 is 0 Å². The average molecular weight is 439 g/mol. The third-order valence-corrected chi connectivity index (χ3v) is 5.74. The van der Waals surface area contributed by atoms with Crippen LogP contribution < -0.4 is 10.6 Å². The van der Waals surface area contributed by atoms with Crippen molar-refractivity contribution in [1.29, 1.82) is 0 Å². The van der Waals surface area contributed by atoms with Gasteiger partial charge in [0.05, 0.1) is 11.6 Å². The summed E-state index contributed by atoms with van der Waals surface area (Å²) in [5, 5.41) is 6.91. The Morgan fingerprint density at radius 2 is 1.53 bits per heavy atom. The van der Waals surface area contributed by atoms with E-state index in [0.717, 1.165) is 35.4 Å². The summed E-state index contributed by atoms with van der Waals surface area (Å²) in [6, 6.07) is 23.6. The minimum Gasteiger partial charge on any atom is -0.390 e. The maximum atomic E-state index is 12.9. The highest BCUT2D eigenvalue weighted by Crippen LogP contribution is 2.31. The number of benzene rings is 3. The third kappa shape index (κ3) is 6.01. The van der Waals surface area contributed by atoms with Gasteiger partial charge in [-0.15, -0.1) is 0 Å². The van der Waals surface area contributed by atoms with E-state index < -0.39 is 11.7 Å². The molecule has 0 saturated carbocycles. The molecule has 0 radical (unpaired) electrons. The predicted octanol–water partition coefficient (Wildman–Crippen LogP) is 6.75. The molecular formula is C27H29F3N2. The summed E-state index contributed by atoms with van der Waals surface area (Å²) in [5.41, 5.74) is 4.54. The summed E-state index contributed by atoms with van der Waals surface area (Å²) in [4.78, 5) is 0. The highest BCUT2D eigenvalue weighted by atomic mass is 19.4. The summed E-state index contributed by atoms with van der Waals surface area (Å²) in [7, 11) is 1.85. The van der Waals surface area contributed by atoms with Crippen molar-refractivity contribution in [2.45, 2.75) is 38.0 Å². The molecule has 2 N–H and O–H groups in total. The Hall–Kier alpha value is -3.05. The Labute approximate surface area is 188 Å². The lowest BCUT2D eigenvalue weighted by molar-refractivity contribution is -0.137. The van der Waals surface area contributed by atoms with Crippen LogP contribution >= 0.6 is 0 Å². The predicted molar refractivity (Wildman–Crippen MR) is 124 cm³/mol. The lowest BCUT2D eigenvalue weighted by Gasteiger charge is -2.29. The van der Waals surface area contributed by atoms with Gasteiger partial charge in [-0.25, -0.2) is 0 Å². The van der Waals surface area contributed by atoms with Gasteiger partial charge in [-0.2, -0.15) is 13.2 Å². The monoisotopic (exact) mass is 438 g/mol. The van der Waals surface area contributed by atoms with Crippen molar-refractivity contribution in [2.75, 3.05) is 7.05 Å². The largest absolute Gasteiger partial charge is 0.416 e. The Balaban J connectivity index is 1.85. The topological polar surface area (TPSA) is 24.1 Å². The van der Waals surface area contributed by atoms with E-state index in [1.807, 2.05) is 37.4 Å². The minimum absolute atomic E-state index is 0.00574. The number of likely N-dealkylation sites (N-methyl/N-ethyl adjacent to an activating group) is 1. The molecule has 0 aliphatic rings. The molecule has 0 aromatic heterocycles. The molecule has 32 heavy (non-hydrogen) atoms. The minimum atomic E-state index is -4.32. The Bertz CT molecular complexity index is 1010. The van der Waals surface area contributed by atoms with Gasteiger partial charge in [0.2, 0.25) is 0 Å². The second-order valence-corrected chi connectivity index (χ2v) is 7.93. The van der Waals surface area contributed by atoms with Gasteiger partial charge in [0.15, 0.2) is 0 Å². The lowest BCUT2D eigenvalue weighted by atomic mass is 9.93. The van der Waals surface area contributed by atoms with E-state index in [1.165, 1.54) is 11.1 Å². The Morgan fingerprint density at radius 1 is 0.906 bits per heavy atom. The van der Waals surface area contributed by atoms with Crippen LogP contribution in [0.4, 0.5) is 13.2 Å². The van der Waals surface area contributed by atoms with E-state index in [0.29, 0.717) is 6.42 Å². The van der Waals surface area contributed by atoms with E-state index >= 15 is 0 Å². The zero-order valence-corrected chi connectivity index (χ0v) is 18.4. The van der Waals surface area contributed by atoms with E-state index in [4.69, 9.17) is 0 Å². The van der Waals surface area contributed by atoms with Gasteiger partial charge in [0.25, 0.3) is 0 Å². The van der Waals surface area contributed by atoms with E-state index in [9.17, 15) is 13.2 Å². The second kappa shape index (κ2) is 10.5. The van der Waals surface area contributed by atoms with Crippen LogP contribution in [0.25, 0.3) is 0 Å². The van der Waals surface area contributed by atoms with E-state index in [2.05, 4.69) is 48.4 Å². The summed E-state index contributed by atoms with van der Waals surface area (Å²) in [6.07, 6.45) is -2.94. The van der Waals surface area contributed by atoms with Gasteiger partial charge in [0, 0.05) is 18.8 Å².